The van der Waals surface area contributed by atoms with Crippen molar-refractivity contribution in [3.05, 3.63) is 35.9 Å². The van der Waals surface area contributed by atoms with Crippen molar-refractivity contribution in [2.45, 2.75) is 44.7 Å². The Morgan fingerprint density at radius 2 is 1.81 bits per heavy atom. The molecule has 2 aliphatic rings. The van der Waals surface area contributed by atoms with Gasteiger partial charge >= 0.3 is 0 Å². The van der Waals surface area contributed by atoms with E-state index in [1.807, 2.05) is 7.05 Å². The monoisotopic (exact) mass is 486 g/mol. The molecule has 1 aromatic carbocycles. The number of benzene rings is 1. The fourth-order valence-electron chi connectivity index (χ4n) is 4.01. The van der Waals surface area contributed by atoms with Crippen molar-refractivity contribution in [2.24, 2.45) is 10.9 Å². The van der Waals surface area contributed by atoms with Gasteiger partial charge in [0.25, 0.3) is 0 Å². The maximum atomic E-state index is 5.54. The van der Waals surface area contributed by atoms with Crippen molar-refractivity contribution < 1.29 is 4.74 Å². The number of rotatable bonds is 5. The van der Waals surface area contributed by atoms with Crippen molar-refractivity contribution in [1.29, 1.82) is 0 Å². The standard InChI is InChI=1S/C21H34N4O.HI/c1-17-8-10-19(11-9-17)24-21(22-2)23-16-20(18-6-4-3-5-7-18)25-12-14-26-15-13-25;/h3-7,17,19-20H,8-16H2,1-2H3,(H2,22,23,24);1H. The van der Waals surface area contributed by atoms with Crippen LogP contribution in [0.1, 0.15) is 44.2 Å². The maximum absolute atomic E-state index is 5.54. The molecule has 0 radical (unpaired) electrons. The minimum Gasteiger partial charge on any atom is -0.379 e. The second-order valence-electron chi connectivity index (χ2n) is 7.63. The number of morpholine rings is 1. The van der Waals surface area contributed by atoms with Crippen molar-refractivity contribution in [1.82, 2.24) is 15.5 Å². The molecule has 27 heavy (non-hydrogen) atoms. The number of nitrogens with one attached hydrogen (secondary N) is 2. The highest BCUT2D eigenvalue weighted by Gasteiger charge is 2.24. The molecule has 1 heterocycles. The number of guanidine groups is 1. The van der Waals surface area contributed by atoms with Crippen LogP contribution in [0.15, 0.2) is 35.3 Å². The van der Waals surface area contributed by atoms with Crippen LogP contribution in [0.4, 0.5) is 0 Å². The number of hydrogen-bond acceptors (Lipinski definition) is 3. The Morgan fingerprint density at radius 1 is 1.15 bits per heavy atom. The molecule has 1 saturated heterocycles. The summed E-state index contributed by atoms with van der Waals surface area (Å²) in [5, 5.41) is 7.21. The number of halogens is 1. The number of nitrogens with zero attached hydrogens (tertiary/aromatic N) is 2. The quantitative estimate of drug-likeness (QED) is 0.381. The van der Waals surface area contributed by atoms with Crippen LogP contribution in [-0.4, -0.2) is 56.8 Å². The predicted octanol–water partition coefficient (Wildman–Crippen LogP) is 3.42. The molecule has 152 valence electrons. The lowest BCUT2D eigenvalue weighted by Crippen LogP contribution is -2.48. The molecule has 1 aromatic rings. The molecule has 2 fully saturated rings. The summed E-state index contributed by atoms with van der Waals surface area (Å²) in [4.78, 5) is 6.98. The van der Waals surface area contributed by atoms with E-state index in [0.29, 0.717) is 12.1 Å². The summed E-state index contributed by atoms with van der Waals surface area (Å²) in [6.45, 7) is 6.80. The van der Waals surface area contributed by atoms with Gasteiger partial charge in [0.1, 0.15) is 0 Å². The molecule has 1 saturated carbocycles. The van der Waals surface area contributed by atoms with Crippen molar-refractivity contribution in [2.75, 3.05) is 39.9 Å². The van der Waals surface area contributed by atoms with Crippen LogP contribution in [0.3, 0.4) is 0 Å². The third-order valence-corrected chi connectivity index (χ3v) is 5.71. The van der Waals surface area contributed by atoms with E-state index in [2.05, 4.69) is 57.8 Å². The molecule has 0 bridgehead atoms. The topological polar surface area (TPSA) is 48.9 Å². The summed E-state index contributed by atoms with van der Waals surface area (Å²) >= 11 is 0. The van der Waals surface area contributed by atoms with E-state index in [4.69, 9.17) is 4.74 Å². The molecule has 5 nitrogen and oxygen atoms in total. The van der Waals surface area contributed by atoms with Crippen molar-refractivity contribution >= 4 is 29.9 Å². The Hall–Kier alpha value is -0.860. The summed E-state index contributed by atoms with van der Waals surface area (Å²) in [6, 6.07) is 11.7. The first kappa shape index (κ1) is 22.4. The molecule has 1 aliphatic heterocycles. The average molecular weight is 486 g/mol. The van der Waals surface area contributed by atoms with Crippen molar-refractivity contribution in [3.8, 4) is 0 Å². The molecule has 0 aromatic heterocycles. The molecular weight excluding hydrogens is 451 g/mol. The van der Waals surface area contributed by atoms with Gasteiger partial charge in [0, 0.05) is 32.7 Å². The van der Waals surface area contributed by atoms with Gasteiger partial charge in [-0.1, -0.05) is 37.3 Å². The highest BCUT2D eigenvalue weighted by Crippen LogP contribution is 2.24. The van der Waals surface area contributed by atoms with E-state index in [-0.39, 0.29) is 24.0 Å². The third-order valence-electron chi connectivity index (χ3n) is 5.71. The van der Waals surface area contributed by atoms with E-state index in [1.165, 1.54) is 31.2 Å². The van der Waals surface area contributed by atoms with Gasteiger partial charge in [0.05, 0.1) is 19.3 Å². The van der Waals surface area contributed by atoms with E-state index >= 15 is 0 Å². The van der Waals surface area contributed by atoms with Crippen LogP contribution < -0.4 is 10.6 Å². The largest absolute Gasteiger partial charge is 0.379 e. The zero-order valence-corrected chi connectivity index (χ0v) is 19.0. The van der Waals surface area contributed by atoms with Gasteiger partial charge in [-0.3, -0.25) is 9.89 Å². The van der Waals surface area contributed by atoms with Gasteiger partial charge in [-0.2, -0.15) is 0 Å². The second-order valence-corrected chi connectivity index (χ2v) is 7.63. The van der Waals surface area contributed by atoms with Crippen molar-refractivity contribution in [3.63, 3.8) is 0 Å². The Labute approximate surface area is 181 Å². The lowest BCUT2D eigenvalue weighted by atomic mass is 9.87. The first-order valence-electron chi connectivity index (χ1n) is 10.1. The van der Waals surface area contributed by atoms with Gasteiger partial charge in [0.15, 0.2) is 5.96 Å². The van der Waals surface area contributed by atoms with Gasteiger partial charge < -0.3 is 15.4 Å². The molecule has 0 amide bonds. The molecule has 1 unspecified atom stereocenters. The summed E-state index contributed by atoms with van der Waals surface area (Å²) in [7, 11) is 1.87. The highest BCUT2D eigenvalue weighted by molar-refractivity contribution is 14.0. The van der Waals surface area contributed by atoms with Gasteiger partial charge in [0.2, 0.25) is 0 Å². The Kier molecular flexibility index (Phi) is 9.86. The molecule has 0 spiro atoms. The zero-order chi connectivity index (χ0) is 18.2. The third kappa shape index (κ3) is 6.91. The highest BCUT2D eigenvalue weighted by atomic mass is 127. The maximum Gasteiger partial charge on any atom is 0.191 e. The lowest BCUT2D eigenvalue weighted by molar-refractivity contribution is 0.0170. The van der Waals surface area contributed by atoms with E-state index < -0.39 is 0 Å². The summed E-state index contributed by atoms with van der Waals surface area (Å²) < 4.78 is 5.54. The molecule has 2 N–H and O–H groups in total. The minimum absolute atomic E-state index is 0. The number of ether oxygens (including phenoxy) is 1. The van der Waals surface area contributed by atoms with E-state index in [9.17, 15) is 0 Å². The molecule has 3 rings (SSSR count). The molecule has 6 heteroatoms. The van der Waals surface area contributed by atoms with Crippen LogP contribution in [0, 0.1) is 5.92 Å². The fraction of sp³-hybridized carbons (Fsp3) is 0.667. The van der Waals surface area contributed by atoms with Crippen LogP contribution in [-0.2, 0) is 4.74 Å². The van der Waals surface area contributed by atoms with Crippen LogP contribution in [0.25, 0.3) is 0 Å². The van der Waals surface area contributed by atoms with Crippen LogP contribution in [0.2, 0.25) is 0 Å². The Bertz CT molecular complexity index is 555. The van der Waals surface area contributed by atoms with E-state index in [1.54, 1.807) is 0 Å². The smallest absolute Gasteiger partial charge is 0.191 e. The molecule has 1 aliphatic carbocycles. The summed E-state index contributed by atoms with van der Waals surface area (Å²) in [6.07, 6.45) is 5.12. The molecular formula is C21H35IN4O. The second kappa shape index (κ2) is 11.9. The fourth-order valence-corrected chi connectivity index (χ4v) is 4.01. The van der Waals surface area contributed by atoms with Gasteiger partial charge in [-0.25, -0.2) is 0 Å². The Balaban J connectivity index is 0.00000261. The zero-order valence-electron chi connectivity index (χ0n) is 16.7. The average Bonchev–Trinajstić information content (AvgIpc) is 2.70. The SMILES string of the molecule is CN=C(NCC(c1ccccc1)N1CCOCC1)NC1CCC(C)CC1.I. The van der Waals surface area contributed by atoms with Gasteiger partial charge in [-0.05, 0) is 37.2 Å². The van der Waals surface area contributed by atoms with Crippen LogP contribution >= 0.6 is 24.0 Å². The number of aliphatic imine (C=N–C) groups is 1. The number of hydrogen-bond donors (Lipinski definition) is 2. The van der Waals surface area contributed by atoms with Gasteiger partial charge in [-0.15, -0.1) is 24.0 Å². The molecule has 1 atom stereocenters. The Morgan fingerprint density at radius 3 is 2.44 bits per heavy atom. The first-order valence-corrected chi connectivity index (χ1v) is 10.1. The summed E-state index contributed by atoms with van der Waals surface area (Å²) in [5.41, 5.74) is 1.35. The predicted molar refractivity (Wildman–Crippen MR) is 123 cm³/mol. The summed E-state index contributed by atoms with van der Waals surface area (Å²) in [5.74, 6) is 1.80. The minimum atomic E-state index is 0. The van der Waals surface area contributed by atoms with Crippen LogP contribution in [0.5, 0.6) is 0 Å². The first-order chi connectivity index (χ1) is 12.8. The normalized spacial score (nSPS) is 25.3. The lowest BCUT2D eigenvalue weighted by Gasteiger charge is -2.35. The van der Waals surface area contributed by atoms with E-state index in [0.717, 1.165) is 44.7 Å².